The summed E-state index contributed by atoms with van der Waals surface area (Å²) in [5.74, 6) is -0.391. The van der Waals surface area contributed by atoms with Gasteiger partial charge in [-0.2, -0.15) is 31.4 Å². The van der Waals surface area contributed by atoms with E-state index in [0.29, 0.717) is 24.4 Å². The summed E-state index contributed by atoms with van der Waals surface area (Å²) in [5, 5.41) is 7.14. The zero-order valence-electron chi connectivity index (χ0n) is 15.4. The number of halogens is 6. The average Bonchev–Trinajstić information content (AvgIpc) is 3.12. The van der Waals surface area contributed by atoms with E-state index in [1.807, 2.05) is 0 Å². The number of rotatable bonds is 3. The second-order valence-corrected chi connectivity index (χ2v) is 8.51. The van der Waals surface area contributed by atoms with Crippen molar-refractivity contribution >= 4 is 5.91 Å². The maximum Gasteiger partial charge on any atom is 0.433 e. The molecule has 3 aliphatic carbocycles. The van der Waals surface area contributed by atoms with Crippen LogP contribution in [-0.2, 0) is 17.5 Å². The number of aromatic nitrogens is 3. The molecule has 4 aliphatic rings. The van der Waals surface area contributed by atoms with E-state index in [0.717, 1.165) is 12.3 Å². The molecule has 5 nitrogen and oxygen atoms in total. The fourth-order valence-electron chi connectivity index (χ4n) is 4.96. The highest BCUT2D eigenvalue weighted by molar-refractivity contribution is 5.87. The van der Waals surface area contributed by atoms with E-state index in [-0.39, 0.29) is 24.8 Å². The standard InChI is InChI=1S/C19H16F6N4O/c20-18(21,22)14-5-10(1-3-26-14)12-6-13-11(2-4-29(13)28-12)27-15(30)16-7-17(8-16,9-16)19(23,24)25/h1,3,5-6,11H,2,4,7-9H2,(H,27,30). The number of hydrogen-bond donors (Lipinski definition) is 1. The number of fused-ring (bicyclic) bond motifs is 1. The molecule has 30 heavy (non-hydrogen) atoms. The van der Waals surface area contributed by atoms with Crippen LogP contribution in [0, 0.1) is 10.8 Å². The SMILES string of the molecule is O=C(NC1CCn2nc(-c3ccnc(C(F)(F)F)c3)cc21)C12CC(C(F)(F)F)(C1)C2. The first kappa shape index (κ1) is 19.4. The van der Waals surface area contributed by atoms with Crippen LogP contribution in [0.3, 0.4) is 0 Å². The summed E-state index contributed by atoms with van der Waals surface area (Å²) in [6.07, 6.45) is -7.81. The molecule has 160 valence electrons. The third-order valence-corrected chi connectivity index (χ3v) is 6.56. The Hall–Kier alpha value is -2.59. The molecule has 2 bridgehead atoms. The van der Waals surface area contributed by atoms with E-state index in [4.69, 9.17) is 0 Å². The minimum atomic E-state index is -4.58. The van der Waals surface area contributed by atoms with Gasteiger partial charge in [-0.05, 0) is 43.9 Å². The lowest BCUT2D eigenvalue weighted by atomic mass is 9.34. The van der Waals surface area contributed by atoms with Gasteiger partial charge in [-0.1, -0.05) is 0 Å². The number of hydrogen-bond acceptors (Lipinski definition) is 3. The zero-order chi connectivity index (χ0) is 21.5. The molecule has 1 N–H and O–H groups in total. The number of nitrogens with one attached hydrogen (secondary N) is 1. The molecule has 1 unspecified atom stereocenters. The second kappa shape index (κ2) is 5.76. The maximum atomic E-state index is 13.0. The van der Waals surface area contributed by atoms with Crippen LogP contribution in [0.4, 0.5) is 26.3 Å². The van der Waals surface area contributed by atoms with Gasteiger partial charge in [0.25, 0.3) is 0 Å². The quantitative estimate of drug-likeness (QED) is 0.741. The molecular formula is C19H16F6N4O. The van der Waals surface area contributed by atoms with Crippen molar-refractivity contribution in [3.63, 3.8) is 0 Å². The average molecular weight is 430 g/mol. The van der Waals surface area contributed by atoms with Gasteiger partial charge in [0, 0.05) is 18.3 Å². The molecule has 1 aliphatic heterocycles. The molecule has 0 radical (unpaired) electrons. The Balaban J connectivity index is 1.31. The summed E-state index contributed by atoms with van der Waals surface area (Å²) in [4.78, 5) is 15.9. The highest BCUT2D eigenvalue weighted by atomic mass is 19.4. The lowest BCUT2D eigenvalue weighted by Crippen LogP contribution is -2.72. The molecule has 0 saturated heterocycles. The van der Waals surface area contributed by atoms with Gasteiger partial charge in [0.1, 0.15) is 5.69 Å². The van der Waals surface area contributed by atoms with Crippen LogP contribution in [0.15, 0.2) is 24.4 Å². The molecule has 2 aromatic rings. The summed E-state index contributed by atoms with van der Waals surface area (Å²) < 4.78 is 79.3. The van der Waals surface area contributed by atoms with Crippen LogP contribution in [0.25, 0.3) is 11.3 Å². The van der Waals surface area contributed by atoms with E-state index >= 15 is 0 Å². The fraction of sp³-hybridized carbons (Fsp3) is 0.526. The third-order valence-electron chi connectivity index (χ3n) is 6.56. The van der Waals surface area contributed by atoms with Crippen molar-refractivity contribution in [2.45, 2.75) is 50.6 Å². The van der Waals surface area contributed by atoms with Crippen molar-refractivity contribution in [3.8, 4) is 11.3 Å². The van der Waals surface area contributed by atoms with Crippen LogP contribution in [0.5, 0.6) is 0 Å². The Labute approximate surface area is 166 Å². The first-order valence-corrected chi connectivity index (χ1v) is 9.42. The summed E-state index contributed by atoms with van der Waals surface area (Å²) in [6, 6.07) is 3.49. The molecule has 3 fully saturated rings. The first-order chi connectivity index (χ1) is 13.9. The molecule has 1 amide bonds. The van der Waals surface area contributed by atoms with Gasteiger partial charge >= 0.3 is 12.4 Å². The highest BCUT2D eigenvalue weighted by Gasteiger charge is 2.80. The largest absolute Gasteiger partial charge is 0.433 e. The highest BCUT2D eigenvalue weighted by Crippen LogP contribution is 2.78. The third kappa shape index (κ3) is 2.66. The monoisotopic (exact) mass is 430 g/mol. The van der Waals surface area contributed by atoms with Gasteiger partial charge in [-0.15, -0.1) is 0 Å². The predicted molar refractivity (Wildman–Crippen MR) is 90.7 cm³/mol. The molecule has 3 saturated carbocycles. The van der Waals surface area contributed by atoms with Gasteiger partial charge in [0.05, 0.1) is 28.3 Å². The van der Waals surface area contributed by atoms with Crippen LogP contribution >= 0.6 is 0 Å². The van der Waals surface area contributed by atoms with E-state index in [1.165, 1.54) is 6.07 Å². The Bertz CT molecular complexity index is 1020. The first-order valence-electron chi connectivity index (χ1n) is 9.42. The van der Waals surface area contributed by atoms with Crippen molar-refractivity contribution < 1.29 is 31.1 Å². The Morgan fingerprint density at radius 1 is 1.13 bits per heavy atom. The van der Waals surface area contributed by atoms with Crippen LogP contribution in [-0.4, -0.2) is 26.8 Å². The predicted octanol–water partition coefficient (Wildman–Crippen LogP) is 4.26. The molecule has 0 spiro atoms. The molecule has 3 heterocycles. The van der Waals surface area contributed by atoms with E-state index in [9.17, 15) is 31.1 Å². The summed E-state index contributed by atoms with van der Waals surface area (Å²) >= 11 is 0. The maximum absolute atomic E-state index is 13.0. The van der Waals surface area contributed by atoms with Crippen LogP contribution in [0.2, 0.25) is 0 Å². The fourth-order valence-corrected chi connectivity index (χ4v) is 4.96. The van der Waals surface area contributed by atoms with Gasteiger partial charge in [-0.25, -0.2) is 0 Å². The lowest BCUT2D eigenvalue weighted by molar-refractivity contribution is -0.351. The number of aryl methyl sites for hydroxylation is 1. The van der Waals surface area contributed by atoms with Crippen molar-refractivity contribution in [2.24, 2.45) is 10.8 Å². The minimum absolute atomic E-state index is 0.177. The topological polar surface area (TPSA) is 59.8 Å². The summed E-state index contributed by atoms with van der Waals surface area (Å²) in [7, 11) is 0. The molecule has 0 aromatic carbocycles. The zero-order valence-corrected chi connectivity index (χ0v) is 15.4. The van der Waals surface area contributed by atoms with Gasteiger partial charge in [0.15, 0.2) is 0 Å². The van der Waals surface area contributed by atoms with Crippen molar-refractivity contribution in [3.05, 3.63) is 35.8 Å². The number of amides is 1. The Kier molecular flexibility index (Phi) is 3.72. The van der Waals surface area contributed by atoms with E-state index in [1.54, 1.807) is 10.7 Å². The van der Waals surface area contributed by atoms with Crippen molar-refractivity contribution in [1.29, 1.82) is 0 Å². The summed E-state index contributed by atoms with van der Waals surface area (Å²) in [5.41, 5.74) is -2.49. The normalized spacial score (nSPS) is 29.7. The van der Waals surface area contributed by atoms with E-state index in [2.05, 4.69) is 15.4 Å². The van der Waals surface area contributed by atoms with Crippen LogP contribution < -0.4 is 5.32 Å². The van der Waals surface area contributed by atoms with E-state index < -0.39 is 40.8 Å². The number of alkyl halides is 6. The molecule has 11 heteroatoms. The second-order valence-electron chi connectivity index (χ2n) is 8.51. The molecule has 1 atom stereocenters. The van der Waals surface area contributed by atoms with Crippen molar-refractivity contribution in [2.75, 3.05) is 0 Å². The number of nitrogens with zero attached hydrogens (tertiary/aromatic N) is 3. The lowest BCUT2D eigenvalue weighted by Gasteiger charge is -2.69. The number of carbonyl (C=O) groups excluding carboxylic acids is 1. The smallest absolute Gasteiger partial charge is 0.347 e. The molecule has 2 aromatic heterocycles. The Morgan fingerprint density at radius 3 is 2.47 bits per heavy atom. The summed E-state index contributed by atoms with van der Waals surface area (Å²) in [6.45, 7) is 0.455. The van der Waals surface area contributed by atoms with Gasteiger partial charge in [-0.3, -0.25) is 14.5 Å². The van der Waals surface area contributed by atoms with Crippen LogP contribution in [0.1, 0.15) is 43.1 Å². The van der Waals surface area contributed by atoms with Crippen molar-refractivity contribution in [1.82, 2.24) is 20.1 Å². The Morgan fingerprint density at radius 2 is 1.83 bits per heavy atom. The molecule has 6 rings (SSSR count). The minimum Gasteiger partial charge on any atom is -0.347 e. The number of pyridine rings is 1. The van der Waals surface area contributed by atoms with Gasteiger partial charge in [0.2, 0.25) is 5.91 Å². The van der Waals surface area contributed by atoms with Gasteiger partial charge < -0.3 is 5.32 Å². The molecular weight excluding hydrogens is 414 g/mol. The number of carbonyl (C=O) groups is 1.